The first-order valence-corrected chi connectivity index (χ1v) is 11.8. The first kappa shape index (κ1) is 27.1. The Hall–Kier alpha value is -1.16. The molecule has 3 rings (SSSR count). The van der Waals surface area contributed by atoms with Gasteiger partial charge in [-0.3, -0.25) is 9.59 Å². The number of rotatable bonds is 7. The quantitative estimate of drug-likeness (QED) is 0.209. The number of nitrogens with zero attached hydrogens (tertiary/aromatic N) is 2. The van der Waals surface area contributed by atoms with Crippen LogP contribution in [0.4, 0.5) is 0 Å². The molecule has 32 heavy (non-hydrogen) atoms. The maximum Gasteiger partial charge on any atom is 1.00 e. The smallest absolute Gasteiger partial charge is 0.871 e. The van der Waals surface area contributed by atoms with E-state index in [1.54, 1.807) is 19.2 Å². The summed E-state index contributed by atoms with van der Waals surface area (Å²) in [6, 6.07) is 12.5. The Morgan fingerprint density at radius 2 is 1.88 bits per heavy atom. The van der Waals surface area contributed by atoms with Gasteiger partial charge < -0.3 is 5.11 Å². The number of nitrogens with one attached hydrogen (secondary N) is 1. The third-order valence-electron chi connectivity index (χ3n) is 4.52. The molecule has 0 aliphatic carbocycles. The van der Waals surface area contributed by atoms with Gasteiger partial charge in [0.15, 0.2) is 5.78 Å². The molecule has 0 spiro atoms. The second-order valence-electron chi connectivity index (χ2n) is 6.57. The summed E-state index contributed by atoms with van der Waals surface area (Å²) < 4.78 is 0.928. The number of carbonyl (C=O) groups excluding carboxylic acids is 2. The average molecular weight is 555 g/mol. The molecule has 1 amide bonds. The molecule has 6 nitrogen and oxygen atoms in total. The third kappa shape index (κ3) is 6.24. The fourth-order valence-corrected chi connectivity index (χ4v) is 4.90. The first-order valence-electron chi connectivity index (χ1n) is 9.28. The van der Waals surface area contributed by atoms with E-state index in [1.807, 2.05) is 30.3 Å². The van der Waals surface area contributed by atoms with E-state index in [-0.39, 0.29) is 62.9 Å². The Morgan fingerprint density at radius 1 is 1.22 bits per heavy atom. The monoisotopic (exact) mass is 553 g/mol. The van der Waals surface area contributed by atoms with Crippen molar-refractivity contribution in [1.29, 1.82) is 5.26 Å². The minimum Gasteiger partial charge on any atom is -0.871 e. The minimum absolute atomic E-state index is 0. The Morgan fingerprint density at radius 3 is 2.50 bits per heavy atom. The summed E-state index contributed by atoms with van der Waals surface area (Å²) in [7, 11) is 0. The van der Waals surface area contributed by atoms with Gasteiger partial charge in [-0.25, -0.2) is 5.43 Å². The van der Waals surface area contributed by atoms with Crippen molar-refractivity contribution in [1.82, 2.24) is 5.43 Å². The van der Waals surface area contributed by atoms with E-state index in [4.69, 9.17) is 5.26 Å². The number of hydrogen-bond donors (Lipinski definition) is 1. The van der Waals surface area contributed by atoms with Gasteiger partial charge >= 0.3 is 51.4 Å². The van der Waals surface area contributed by atoms with Gasteiger partial charge in [-0.05, 0) is 48.6 Å². The largest absolute Gasteiger partial charge is 1.00 e. The van der Waals surface area contributed by atoms with E-state index < -0.39 is 11.8 Å². The number of halogens is 1. The molecular formula is C22H17BrKN3O3S2. The number of hydrogen-bond acceptors (Lipinski definition) is 7. The van der Waals surface area contributed by atoms with Crippen LogP contribution in [0.3, 0.4) is 0 Å². The molecule has 1 atom stereocenters. The topological polar surface area (TPSA) is 105 Å². The predicted molar refractivity (Wildman–Crippen MR) is 125 cm³/mol. The van der Waals surface area contributed by atoms with Gasteiger partial charge in [-0.1, -0.05) is 40.7 Å². The molecule has 3 aromatic rings. The number of amides is 1. The number of nitriles is 1. The molecule has 0 saturated heterocycles. The van der Waals surface area contributed by atoms with Crippen molar-refractivity contribution in [3.8, 4) is 22.3 Å². The molecule has 1 aromatic carbocycles. The van der Waals surface area contributed by atoms with Crippen LogP contribution in [0.5, 0.6) is 5.75 Å². The van der Waals surface area contributed by atoms with Gasteiger partial charge in [-0.2, -0.15) is 10.4 Å². The molecule has 0 radical (unpaired) electrons. The van der Waals surface area contributed by atoms with E-state index in [0.717, 1.165) is 21.4 Å². The predicted octanol–water partition coefficient (Wildman–Crippen LogP) is 2.20. The Bertz CT molecular complexity index is 1200. The summed E-state index contributed by atoms with van der Waals surface area (Å²) in [6.45, 7) is 3.42. The molecule has 158 valence electrons. The van der Waals surface area contributed by atoms with Crippen LogP contribution < -0.4 is 61.9 Å². The third-order valence-corrected chi connectivity index (χ3v) is 7.16. The fourth-order valence-electron chi connectivity index (χ4n) is 2.75. The fraction of sp³-hybridized carbons (Fsp3) is 0.182. The second kappa shape index (κ2) is 12.3. The van der Waals surface area contributed by atoms with Gasteiger partial charge in [0.05, 0.1) is 21.5 Å². The van der Waals surface area contributed by atoms with Crippen molar-refractivity contribution in [2.45, 2.75) is 20.3 Å². The van der Waals surface area contributed by atoms with Gasteiger partial charge in [-0.15, -0.1) is 22.7 Å². The van der Waals surface area contributed by atoms with Crippen LogP contribution in [0.25, 0.3) is 10.4 Å². The van der Waals surface area contributed by atoms with Crippen LogP contribution in [0, 0.1) is 17.2 Å². The summed E-state index contributed by atoms with van der Waals surface area (Å²) in [5.41, 5.74) is 4.06. The molecule has 0 fully saturated rings. The van der Waals surface area contributed by atoms with Crippen molar-refractivity contribution in [3.05, 3.63) is 61.6 Å². The first-order chi connectivity index (χ1) is 14.8. The standard InChI is InChI=1S/C22H18BrN3O3S2.K/c1-3-13(10-24)19(27)17-8-9-18(31-17)22(29)26-25-12(2)16-11-30-21(20(16)28)14-4-6-15(23)7-5-14;/h4-9,11,13,28H,3H2,1-2H3,(H,26,29);/q;+1/p-1/b25-12+;. The minimum atomic E-state index is -0.719. The molecule has 10 heteroatoms. The molecule has 0 bridgehead atoms. The van der Waals surface area contributed by atoms with E-state index >= 15 is 0 Å². The SMILES string of the molecule is CCC(C#N)C(=O)c1ccc(C(=O)N/N=C(\C)c2csc(-c3ccc(Br)cc3)c2[O-])s1.[K+]. The molecule has 0 saturated carbocycles. The molecule has 2 aromatic heterocycles. The molecule has 1 N–H and O–H groups in total. The zero-order chi connectivity index (χ0) is 22.5. The normalized spacial score (nSPS) is 11.9. The molecule has 2 heterocycles. The van der Waals surface area contributed by atoms with Gasteiger partial charge in [0.25, 0.3) is 5.91 Å². The molecular weight excluding hydrogens is 537 g/mol. The number of benzene rings is 1. The van der Waals surface area contributed by atoms with E-state index in [1.165, 1.54) is 23.5 Å². The summed E-state index contributed by atoms with van der Waals surface area (Å²) >= 11 is 5.72. The van der Waals surface area contributed by atoms with Crippen molar-refractivity contribution in [2.24, 2.45) is 11.0 Å². The molecule has 1 unspecified atom stereocenters. The number of hydrazone groups is 1. The number of Topliss-reactive ketones (excluding diaryl/α,β-unsaturated/α-hetero) is 1. The Labute approximate surface area is 244 Å². The van der Waals surface area contributed by atoms with Crippen LogP contribution in [-0.2, 0) is 0 Å². The number of ketones is 1. The van der Waals surface area contributed by atoms with E-state index in [9.17, 15) is 14.7 Å². The molecule has 0 aliphatic rings. The summed E-state index contributed by atoms with van der Waals surface area (Å²) in [6.07, 6.45) is 0.415. The van der Waals surface area contributed by atoms with Crippen molar-refractivity contribution < 1.29 is 66.1 Å². The maximum absolute atomic E-state index is 12.8. The van der Waals surface area contributed by atoms with Gasteiger partial charge in [0.2, 0.25) is 0 Å². The second-order valence-corrected chi connectivity index (χ2v) is 9.45. The van der Waals surface area contributed by atoms with E-state index in [2.05, 4.69) is 26.5 Å². The van der Waals surface area contributed by atoms with Crippen molar-refractivity contribution >= 4 is 56.0 Å². The van der Waals surface area contributed by atoms with Crippen molar-refractivity contribution in [3.63, 3.8) is 0 Å². The summed E-state index contributed by atoms with van der Waals surface area (Å²) in [4.78, 5) is 25.9. The van der Waals surface area contributed by atoms with Crippen LogP contribution in [0.1, 0.15) is 45.2 Å². The molecule has 0 aliphatic heterocycles. The van der Waals surface area contributed by atoms with Gasteiger partial charge in [0.1, 0.15) is 5.92 Å². The van der Waals surface area contributed by atoms with Crippen LogP contribution >= 0.6 is 38.6 Å². The van der Waals surface area contributed by atoms with Crippen LogP contribution in [-0.4, -0.2) is 17.4 Å². The average Bonchev–Trinajstić information content (AvgIpc) is 3.40. The maximum atomic E-state index is 12.8. The van der Waals surface area contributed by atoms with Crippen LogP contribution in [0.15, 0.2) is 51.4 Å². The Balaban J connectivity index is 0.00000363. The Kier molecular flexibility index (Phi) is 10.4. The number of thiophene rings is 2. The summed E-state index contributed by atoms with van der Waals surface area (Å²) in [5, 5.41) is 27.6. The zero-order valence-corrected chi connectivity index (χ0v) is 24.0. The van der Waals surface area contributed by atoms with Crippen LogP contribution in [0.2, 0.25) is 0 Å². The van der Waals surface area contributed by atoms with Crippen molar-refractivity contribution in [2.75, 3.05) is 0 Å². The number of carbonyl (C=O) groups is 2. The van der Waals surface area contributed by atoms with Gasteiger partial charge in [0, 0.05) is 14.9 Å². The zero-order valence-electron chi connectivity index (χ0n) is 17.6. The summed E-state index contributed by atoms with van der Waals surface area (Å²) in [5.74, 6) is -1.63. The van der Waals surface area contributed by atoms with E-state index in [0.29, 0.717) is 32.3 Å².